The first kappa shape index (κ1) is 12.4. The van der Waals surface area contributed by atoms with Crippen LogP contribution in [0.3, 0.4) is 0 Å². The van der Waals surface area contributed by atoms with Crippen LogP contribution in [0.2, 0.25) is 0 Å². The molecule has 0 fully saturated rings. The quantitative estimate of drug-likeness (QED) is 0.672. The lowest BCUT2D eigenvalue weighted by Gasteiger charge is -2.06. The minimum absolute atomic E-state index is 0.411. The Morgan fingerprint density at radius 2 is 2.21 bits per heavy atom. The second-order valence-corrected chi connectivity index (χ2v) is 5.65. The van der Waals surface area contributed by atoms with Crippen molar-refractivity contribution in [3.63, 3.8) is 0 Å². The molecule has 98 valence electrons. The number of imidazole rings is 1. The van der Waals surface area contributed by atoms with Crippen molar-refractivity contribution in [1.29, 1.82) is 0 Å². The van der Waals surface area contributed by atoms with Gasteiger partial charge in [0.15, 0.2) is 4.96 Å². The van der Waals surface area contributed by atoms with Gasteiger partial charge in [0.05, 0.1) is 24.4 Å². The first-order valence-electron chi connectivity index (χ1n) is 5.37. The summed E-state index contributed by atoms with van der Waals surface area (Å²) in [5.74, 6) is 0.0786. The highest BCUT2D eigenvalue weighted by Gasteiger charge is 2.17. The fourth-order valence-corrected chi connectivity index (χ4v) is 3.46. The first-order chi connectivity index (χ1) is 9.13. The Kier molecular flexibility index (Phi) is 2.94. The number of nitrogens with zero attached hydrogens (tertiary/aromatic N) is 2. The van der Waals surface area contributed by atoms with E-state index < -0.39 is 5.97 Å². The van der Waals surface area contributed by atoms with E-state index in [1.807, 2.05) is 16.7 Å². The van der Waals surface area contributed by atoms with E-state index in [0.717, 1.165) is 19.8 Å². The maximum atomic E-state index is 11.7. The van der Waals surface area contributed by atoms with Gasteiger partial charge >= 0.3 is 5.97 Å². The summed E-state index contributed by atoms with van der Waals surface area (Å²) < 4.78 is 13.7. The van der Waals surface area contributed by atoms with E-state index in [1.54, 1.807) is 6.07 Å². The van der Waals surface area contributed by atoms with Gasteiger partial charge in [-0.15, -0.1) is 0 Å². The van der Waals surface area contributed by atoms with Crippen LogP contribution < -0.4 is 4.74 Å². The number of hydrogen-bond donors (Lipinski definition) is 0. The van der Waals surface area contributed by atoms with Gasteiger partial charge in [-0.2, -0.15) is 0 Å². The largest absolute Gasteiger partial charge is 0.496 e. The van der Waals surface area contributed by atoms with Crippen molar-refractivity contribution in [2.24, 2.45) is 0 Å². The van der Waals surface area contributed by atoms with Gasteiger partial charge in [-0.05, 0) is 22.0 Å². The summed E-state index contributed by atoms with van der Waals surface area (Å²) in [5.41, 5.74) is 1.36. The Bertz CT molecular complexity index is 793. The molecule has 0 aliphatic rings. The summed E-state index contributed by atoms with van der Waals surface area (Å²) in [6.45, 7) is 0. The maximum absolute atomic E-state index is 11.7. The van der Waals surface area contributed by atoms with E-state index in [2.05, 4.69) is 20.9 Å². The third-order valence-corrected chi connectivity index (χ3v) is 4.19. The number of esters is 1. The Labute approximate surface area is 120 Å². The predicted molar refractivity (Wildman–Crippen MR) is 76.2 cm³/mol. The SMILES string of the molecule is COC(=O)c1cc2sc3nc(Br)cn3c2cc1OC. The number of carbonyl (C=O) groups excluding carboxylic acids is 1. The Hall–Kier alpha value is -1.60. The van der Waals surface area contributed by atoms with Gasteiger partial charge in [-0.3, -0.25) is 4.40 Å². The molecule has 19 heavy (non-hydrogen) atoms. The molecular weight excluding hydrogens is 332 g/mol. The zero-order valence-electron chi connectivity index (χ0n) is 10.1. The van der Waals surface area contributed by atoms with Crippen LogP contribution in [-0.4, -0.2) is 29.6 Å². The van der Waals surface area contributed by atoms with Crippen LogP contribution in [0.4, 0.5) is 0 Å². The second kappa shape index (κ2) is 4.50. The fraction of sp³-hybridized carbons (Fsp3) is 0.167. The predicted octanol–water partition coefficient (Wildman–Crippen LogP) is 3.11. The van der Waals surface area contributed by atoms with Crippen LogP contribution >= 0.6 is 27.3 Å². The van der Waals surface area contributed by atoms with Crippen molar-refractivity contribution < 1.29 is 14.3 Å². The van der Waals surface area contributed by atoms with Crippen LogP contribution in [0.1, 0.15) is 10.4 Å². The van der Waals surface area contributed by atoms with Gasteiger partial charge in [0.2, 0.25) is 0 Å². The minimum Gasteiger partial charge on any atom is -0.496 e. The number of halogens is 1. The number of rotatable bonds is 2. The van der Waals surface area contributed by atoms with E-state index in [9.17, 15) is 4.79 Å². The zero-order chi connectivity index (χ0) is 13.6. The normalized spacial score (nSPS) is 11.1. The average molecular weight is 341 g/mol. The summed E-state index contributed by atoms with van der Waals surface area (Å²) in [4.78, 5) is 16.9. The lowest BCUT2D eigenvalue weighted by Crippen LogP contribution is -2.03. The summed E-state index contributed by atoms with van der Waals surface area (Å²) in [7, 11) is 2.88. The molecule has 0 unspecified atom stereocenters. The molecule has 0 atom stereocenters. The number of hydrogen-bond acceptors (Lipinski definition) is 5. The second-order valence-electron chi connectivity index (χ2n) is 3.83. The molecule has 2 aromatic heterocycles. The lowest BCUT2D eigenvalue weighted by atomic mass is 10.2. The summed E-state index contributed by atoms with van der Waals surface area (Å²) in [6, 6.07) is 3.59. The molecule has 7 heteroatoms. The maximum Gasteiger partial charge on any atom is 0.341 e. The molecule has 3 aromatic rings. The molecule has 2 heterocycles. The molecule has 0 saturated carbocycles. The molecule has 0 aliphatic carbocycles. The number of thiazole rings is 1. The highest BCUT2D eigenvalue weighted by atomic mass is 79.9. The monoisotopic (exact) mass is 340 g/mol. The van der Waals surface area contributed by atoms with Crippen molar-refractivity contribution in [2.75, 3.05) is 14.2 Å². The number of ether oxygens (including phenoxy) is 2. The van der Waals surface area contributed by atoms with E-state index in [0.29, 0.717) is 11.3 Å². The number of carbonyl (C=O) groups is 1. The highest BCUT2D eigenvalue weighted by molar-refractivity contribution is 9.10. The van der Waals surface area contributed by atoms with E-state index in [4.69, 9.17) is 9.47 Å². The van der Waals surface area contributed by atoms with Gasteiger partial charge in [-0.25, -0.2) is 9.78 Å². The molecule has 1 aromatic carbocycles. The lowest BCUT2D eigenvalue weighted by molar-refractivity contribution is 0.0597. The standard InChI is InChI=1S/C12H9BrN2O3S/c1-17-8-4-7-9(3-6(8)11(16)18-2)19-12-14-10(13)5-15(7)12/h3-5H,1-2H3. The van der Waals surface area contributed by atoms with Crippen LogP contribution in [0.25, 0.3) is 15.2 Å². The summed E-state index contributed by atoms with van der Waals surface area (Å²) in [6.07, 6.45) is 1.88. The Morgan fingerprint density at radius 3 is 2.89 bits per heavy atom. The van der Waals surface area contributed by atoms with Crippen molar-refractivity contribution in [2.45, 2.75) is 0 Å². The van der Waals surface area contributed by atoms with Gasteiger partial charge in [0.1, 0.15) is 15.9 Å². The van der Waals surface area contributed by atoms with Crippen molar-refractivity contribution >= 4 is 48.4 Å². The van der Waals surface area contributed by atoms with Gasteiger partial charge < -0.3 is 9.47 Å². The van der Waals surface area contributed by atoms with Crippen molar-refractivity contribution in [3.05, 3.63) is 28.5 Å². The van der Waals surface area contributed by atoms with E-state index in [-0.39, 0.29) is 0 Å². The molecule has 0 saturated heterocycles. The topological polar surface area (TPSA) is 52.8 Å². The molecule has 5 nitrogen and oxygen atoms in total. The minimum atomic E-state index is -0.411. The Balaban J connectivity index is 2.33. The molecule has 3 rings (SSSR count). The molecule has 0 amide bonds. The highest BCUT2D eigenvalue weighted by Crippen LogP contribution is 2.33. The molecule has 0 bridgehead atoms. The van der Waals surface area contributed by atoms with Crippen LogP contribution in [0.5, 0.6) is 5.75 Å². The summed E-state index contributed by atoms with van der Waals surface area (Å²) in [5, 5.41) is 0. The molecule has 0 aliphatic heterocycles. The number of fused-ring (bicyclic) bond motifs is 3. The molecular formula is C12H9BrN2O3S. The van der Waals surface area contributed by atoms with Crippen molar-refractivity contribution in [1.82, 2.24) is 9.38 Å². The summed E-state index contributed by atoms with van der Waals surface area (Å²) >= 11 is 4.85. The average Bonchev–Trinajstić information content (AvgIpc) is 2.91. The smallest absolute Gasteiger partial charge is 0.341 e. The van der Waals surface area contributed by atoms with E-state index in [1.165, 1.54) is 25.6 Å². The number of aromatic nitrogens is 2. The third-order valence-electron chi connectivity index (χ3n) is 2.79. The molecule has 0 spiro atoms. The van der Waals surface area contributed by atoms with Crippen LogP contribution in [0, 0.1) is 0 Å². The van der Waals surface area contributed by atoms with Gasteiger partial charge in [-0.1, -0.05) is 11.3 Å². The Morgan fingerprint density at radius 1 is 1.42 bits per heavy atom. The number of methoxy groups -OCH3 is 2. The van der Waals surface area contributed by atoms with Crippen LogP contribution in [0.15, 0.2) is 22.9 Å². The molecule has 0 N–H and O–H groups in total. The number of benzene rings is 1. The fourth-order valence-electron chi connectivity index (χ4n) is 1.94. The van der Waals surface area contributed by atoms with Crippen LogP contribution in [-0.2, 0) is 4.74 Å². The first-order valence-corrected chi connectivity index (χ1v) is 6.98. The molecule has 0 radical (unpaired) electrons. The van der Waals surface area contributed by atoms with Gasteiger partial charge in [0, 0.05) is 12.3 Å². The van der Waals surface area contributed by atoms with Gasteiger partial charge in [0.25, 0.3) is 0 Å². The van der Waals surface area contributed by atoms with Crippen molar-refractivity contribution in [3.8, 4) is 5.75 Å². The van der Waals surface area contributed by atoms with E-state index >= 15 is 0 Å². The third kappa shape index (κ3) is 1.89. The zero-order valence-corrected chi connectivity index (χ0v) is 12.5.